The largest absolute Gasteiger partial charge is 0.744 e. The molecule has 5 aliphatic heterocycles. The number of hydrogen-bond donors (Lipinski definition) is 2. The molecular formula is C58H76N4O7S2. The van der Waals surface area contributed by atoms with E-state index < -0.39 is 25.0 Å². The molecule has 0 spiro atoms. The molecule has 0 aliphatic carbocycles. The first kappa shape index (κ1) is 52.7. The zero-order valence-electron chi connectivity index (χ0n) is 42.3. The van der Waals surface area contributed by atoms with Crippen LogP contribution < -0.4 is 34.8 Å². The van der Waals surface area contributed by atoms with Gasteiger partial charge in [0.15, 0.2) is 0 Å². The van der Waals surface area contributed by atoms with Gasteiger partial charge in [-0.1, -0.05) is 108 Å². The van der Waals surface area contributed by atoms with Crippen molar-refractivity contribution in [3.63, 3.8) is 0 Å². The van der Waals surface area contributed by atoms with Crippen molar-refractivity contribution in [2.24, 2.45) is 0 Å². The van der Waals surface area contributed by atoms with Gasteiger partial charge in [0, 0.05) is 97.0 Å². The highest BCUT2D eigenvalue weighted by atomic mass is 32.2. The predicted molar refractivity (Wildman–Crippen MR) is 282 cm³/mol. The summed E-state index contributed by atoms with van der Waals surface area (Å²) in [4.78, 5) is 14.1. The average molecular weight is 1010 g/mol. The van der Waals surface area contributed by atoms with Crippen LogP contribution in [0.2, 0.25) is 0 Å². The molecule has 0 unspecified atom stereocenters. The maximum Gasteiger partial charge on any atom is 0.240 e. The number of anilines is 1. The maximum atomic E-state index is 13.7. The summed E-state index contributed by atoms with van der Waals surface area (Å²) < 4.78 is 79.5. The molecule has 0 fully saturated rings. The number of nitrogens with zero attached hydrogens (tertiary/aromatic N) is 2. The van der Waals surface area contributed by atoms with Crippen LogP contribution in [-0.4, -0.2) is 66.6 Å². The second kappa shape index (κ2) is 25.3. The van der Waals surface area contributed by atoms with Crippen LogP contribution in [0.1, 0.15) is 188 Å². The van der Waals surface area contributed by atoms with E-state index in [9.17, 15) is 26.2 Å². The lowest BCUT2D eigenvalue weighted by atomic mass is 9.82. The second-order valence-corrected chi connectivity index (χ2v) is 23.5. The van der Waals surface area contributed by atoms with Gasteiger partial charge in [-0.25, -0.2) is 26.1 Å². The molecule has 0 saturated carbocycles. The van der Waals surface area contributed by atoms with Crippen molar-refractivity contribution >= 4 is 37.3 Å². The molecule has 1 amide bonds. The van der Waals surface area contributed by atoms with Crippen LogP contribution in [0.25, 0.3) is 5.57 Å². The summed E-state index contributed by atoms with van der Waals surface area (Å²) in [5.41, 5.74) is 7.31. The van der Waals surface area contributed by atoms with Gasteiger partial charge in [0.2, 0.25) is 21.3 Å². The van der Waals surface area contributed by atoms with E-state index in [2.05, 4.69) is 62.3 Å². The number of amides is 1. The van der Waals surface area contributed by atoms with Crippen LogP contribution in [0.15, 0.2) is 40.1 Å². The number of sulfonamides is 1. The SMILES string of the molecule is CCCCCCCCCCCCC#CC#CCCCCCCCCC(=O)NCCNS(=O)(=O)c1ccc(C2=c3cc4c5c(c3Oc3c2cc2c6c3CCCN6CCC2)CCC[N+]=5CCC4)c(S(=O)(=O)[O-])c1. The van der Waals surface area contributed by atoms with E-state index in [4.69, 9.17) is 4.74 Å². The van der Waals surface area contributed by atoms with E-state index in [0.29, 0.717) is 23.5 Å². The minimum atomic E-state index is -5.19. The van der Waals surface area contributed by atoms with Crippen molar-refractivity contribution in [3.05, 3.63) is 74.3 Å². The normalized spacial score (nSPS) is 15.5. The third-order valence-electron chi connectivity index (χ3n) is 15.1. The third kappa shape index (κ3) is 13.3. The molecule has 0 bridgehead atoms. The Morgan fingerprint density at radius 2 is 1.31 bits per heavy atom. The van der Waals surface area contributed by atoms with Gasteiger partial charge in [-0.2, -0.15) is 0 Å². The summed E-state index contributed by atoms with van der Waals surface area (Å²) in [5, 5.41) is 4.75. The first-order valence-electron chi connectivity index (χ1n) is 27.3. The minimum absolute atomic E-state index is 0.0627. The molecule has 5 aliphatic rings. The van der Waals surface area contributed by atoms with Crippen molar-refractivity contribution in [3.8, 4) is 35.2 Å². The fourth-order valence-electron chi connectivity index (χ4n) is 11.6. The Kier molecular flexibility index (Phi) is 18.8. The molecule has 3 aromatic carbocycles. The monoisotopic (exact) mass is 1000 g/mol. The van der Waals surface area contributed by atoms with Crippen molar-refractivity contribution in [1.29, 1.82) is 0 Å². The summed E-state index contributed by atoms with van der Waals surface area (Å²) in [6.07, 6.45) is 28.7. The van der Waals surface area contributed by atoms with Crippen LogP contribution in [0, 0.1) is 23.7 Å². The first-order chi connectivity index (χ1) is 34.5. The fourth-order valence-corrected chi connectivity index (χ4v) is 13.4. The topological polar surface area (TPSA) is 148 Å². The number of benzene rings is 3. The van der Waals surface area contributed by atoms with Gasteiger partial charge in [-0.15, -0.1) is 0 Å². The number of hydrogen-bond acceptors (Lipinski definition) is 8. The summed E-state index contributed by atoms with van der Waals surface area (Å²) in [7, 11) is -9.45. The summed E-state index contributed by atoms with van der Waals surface area (Å²) in [6, 6.07) is 8.11. The van der Waals surface area contributed by atoms with E-state index in [1.807, 2.05) is 0 Å². The minimum Gasteiger partial charge on any atom is -0.744 e. The molecule has 13 heteroatoms. The molecule has 5 heterocycles. The van der Waals surface area contributed by atoms with E-state index in [-0.39, 0.29) is 29.5 Å². The molecule has 71 heavy (non-hydrogen) atoms. The third-order valence-corrected chi connectivity index (χ3v) is 17.4. The van der Waals surface area contributed by atoms with Gasteiger partial charge >= 0.3 is 0 Å². The smallest absolute Gasteiger partial charge is 0.240 e. The quantitative estimate of drug-likeness (QED) is 0.0290. The zero-order chi connectivity index (χ0) is 49.6. The molecule has 0 atom stereocenters. The van der Waals surface area contributed by atoms with Crippen LogP contribution >= 0.6 is 0 Å². The maximum absolute atomic E-state index is 13.7. The second-order valence-electron chi connectivity index (χ2n) is 20.4. The van der Waals surface area contributed by atoms with Gasteiger partial charge in [0.25, 0.3) is 0 Å². The lowest BCUT2D eigenvalue weighted by Crippen LogP contribution is -2.45. The van der Waals surface area contributed by atoms with E-state index in [1.165, 1.54) is 98.5 Å². The molecule has 0 aromatic heterocycles. The van der Waals surface area contributed by atoms with Crippen LogP contribution in [0.3, 0.4) is 0 Å². The van der Waals surface area contributed by atoms with Gasteiger partial charge < -0.3 is 19.5 Å². The summed E-state index contributed by atoms with van der Waals surface area (Å²) >= 11 is 0. The first-order valence-corrected chi connectivity index (χ1v) is 30.2. The Bertz CT molecular complexity index is 2900. The van der Waals surface area contributed by atoms with Crippen LogP contribution in [0.5, 0.6) is 11.5 Å². The number of unbranched alkanes of at least 4 members (excludes halogenated alkanes) is 16. The number of fused-ring (bicyclic) bond motifs is 4. The lowest BCUT2D eigenvalue weighted by molar-refractivity contribution is -0.121. The number of carbonyl (C=O) groups is 1. The molecule has 8 rings (SSSR count). The van der Waals surface area contributed by atoms with Gasteiger partial charge in [-0.3, -0.25) is 4.79 Å². The Hall–Kier alpha value is -4.66. The highest BCUT2D eigenvalue weighted by molar-refractivity contribution is 7.89. The van der Waals surface area contributed by atoms with Crippen molar-refractivity contribution < 1.29 is 30.9 Å². The number of aryl methyl sites for hydroxylation is 2. The standard InChI is InChI=1S/C58H76N4O7S2/c1-2-3-4-5-6-7-8-9-10-11-12-13-14-15-16-17-18-19-20-21-22-23-32-53(63)59-35-36-60-70(64,65)46-33-34-47(52(43-46)71(66,67)68)54-50-41-44-28-24-37-61-39-26-30-48(55(44)61)57(50)69-58-49-31-27-40-62-38-25-29-45(56(49)62)42-51(54)58/h33-34,41-43,60H,2-12,17-32,35-40H2,1H3,(H-,59,63,66,67,68). The van der Waals surface area contributed by atoms with Crippen LogP contribution in [-0.2, 0) is 50.6 Å². The van der Waals surface area contributed by atoms with Gasteiger partial charge in [0.05, 0.1) is 15.4 Å². The number of carbonyl (C=O) groups excluding carboxylic acids is 1. The van der Waals surface area contributed by atoms with E-state index in [0.717, 1.165) is 157 Å². The highest BCUT2D eigenvalue weighted by Crippen LogP contribution is 2.49. The fraction of sp³-hybridized carbons (Fsp3) is 0.586. The van der Waals surface area contributed by atoms with E-state index in [1.54, 1.807) is 0 Å². The Morgan fingerprint density at radius 1 is 0.690 bits per heavy atom. The van der Waals surface area contributed by atoms with Crippen molar-refractivity contribution in [1.82, 2.24) is 14.6 Å². The molecule has 3 aromatic rings. The number of nitrogens with one attached hydrogen (secondary N) is 2. The summed E-state index contributed by atoms with van der Waals surface area (Å²) in [5.74, 6) is 13.6. The molecule has 0 saturated heterocycles. The Balaban J connectivity index is 0.831. The Morgan fingerprint density at radius 3 is 2.00 bits per heavy atom. The predicted octanol–water partition coefficient (Wildman–Crippen LogP) is 8.86. The lowest BCUT2D eigenvalue weighted by Gasteiger charge is -2.39. The molecule has 382 valence electrons. The van der Waals surface area contributed by atoms with Crippen molar-refractivity contribution in [2.45, 2.75) is 190 Å². The molecular weight excluding hydrogens is 929 g/mol. The summed E-state index contributed by atoms with van der Waals surface area (Å²) in [6.45, 7) is 6.12. The molecule has 2 N–H and O–H groups in total. The van der Waals surface area contributed by atoms with Gasteiger partial charge in [0.1, 0.15) is 34.7 Å². The number of rotatable bonds is 25. The molecule has 11 nitrogen and oxygen atoms in total. The highest BCUT2D eigenvalue weighted by Gasteiger charge is 2.36. The Labute approximate surface area is 424 Å². The van der Waals surface area contributed by atoms with Crippen molar-refractivity contribution in [2.75, 3.05) is 44.2 Å². The van der Waals surface area contributed by atoms with E-state index >= 15 is 0 Å². The van der Waals surface area contributed by atoms with Gasteiger partial charge in [-0.05, 0) is 99.5 Å². The average Bonchev–Trinajstić information content (AvgIpc) is 3.36. The number of ether oxygens (including phenoxy) is 1. The van der Waals surface area contributed by atoms with Crippen LogP contribution in [0.4, 0.5) is 5.69 Å². The zero-order valence-corrected chi connectivity index (χ0v) is 43.9. The molecule has 0 radical (unpaired) electrons.